The van der Waals surface area contributed by atoms with Crippen molar-refractivity contribution in [3.63, 3.8) is 0 Å². The van der Waals surface area contributed by atoms with Crippen LogP contribution >= 0.6 is 0 Å². The average molecular weight is 286 g/mol. The molecule has 0 spiro atoms. The van der Waals surface area contributed by atoms with E-state index in [4.69, 9.17) is 4.74 Å². The minimum absolute atomic E-state index is 0.172. The number of fused-ring (bicyclic) bond motifs is 1. The van der Waals surface area contributed by atoms with Gasteiger partial charge in [-0.1, -0.05) is 0 Å². The van der Waals surface area contributed by atoms with E-state index >= 15 is 0 Å². The van der Waals surface area contributed by atoms with Gasteiger partial charge in [0.05, 0.1) is 7.11 Å². The molecule has 110 valence electrons. The number of hydrogen-bond acceptors (Lipinski definition) is 3. The minimum Gasteiger partial charge on any atom is -0.497 e. The van der Waals surface area contributed by atoms with Gasteiger partial charge in [-0.3, -0.25) is 9.59 Å². The highest BCUT2D eigenvalue weighted by Gasteiger charge is 2.22. The molecular weight excluding hydrogens is 268 g/mol. The smallest absolute Gasteiger partial charge is 0.268 e. The average Bonchev–Trinajstić information content (AvgIpc) is 2.45. The van der Waals surface area contributed by atoms with Crippen LogP contribution in [0.1, 0.15) is 29.8 Å². The molecule has 0 radical (unpaired) electrons. The van der Waals surface area contributed by atoms with Crippen LogP contribution in [0, 0.1) is 0 Å². The quantitative estimate of drug-likeness (QED) is 0.936. The molecule has 0 bridgehead atoms. The predicted molar refractivity (Wildman–Crippen MR) is 80.8 cm³/mol. The van der Waals surface area contributed by atoms with E-state index in [0.717, 1.165) is 24.6 Å². The Morgan fingerprint density at radius 1 is 1.33 bits per heavy atom. The number of carbonyl (C=O) groups excluding carboxylic acids is 1. The molecule has 0 saturated heterocycles. The minimum atomic E-state index is -0.191. The maximum atomic E-state index is 12.4. The second-order valence-electron chi connectivity index (χ2n) is 5.45. The van der Waals surface area contributed by atoms with Crippen molar-refractivity contribution in [3.8, 4) is 5.75 Å². The summed E-state index contributed by atoms with van der Waals surface area (Å²) in [4.78, 5) is 24.7. The Bertz CT molecular complexity index is 760. The monoisotopic (exact) mass is 286 g/mol. The first-order chi connectivity index (χ1) is 10.1. The zero-order valence-electron chi connectivity index (χ0n) is 12.2. The van der Waals surface area contributed by atoms with E-state index in [1.54, 1.807) is 38.4 Å². The van der Waals surface area contributed by atoms with E-state index in [0.29, 0.717) is 16.8 Å². The molecule has 0 atom stereocenters. The molecule has 5 nitrogen and oxygen atoms in total. The summed E-state index contributed by atoms with van der Waals surface area (Å²) in [5, 5.41) is 4.26. The molecule has 5 heteroatoms. The molecule has 1 N–H and O–H groups in total. The van der Waals surface area contributed by atoms with Gasteiger partial charge < -0.3 is 14.6 Å². The van der Waals surface area contributed by atoms with Crippen molar-refractivity contribution in [2.75, 3.05) is 7.11 Å². The number of methoxy groups -OCH3 is 1. The summed E-state index contributed by atoms with van der Waals surface area (Å²) >= 11 is 0. The Morgan fingerprint density at radius 2 is 2.10 bits per heavy atom. The van der Waals surface area contributed by atoms with E-state index in [9.17, 15) is 9.59 Å². The lowest BCUT2D eigenvalue weighted by Crippen LogP contribution is -2.41. The number of pyridine rings is 1. The Labute approximate surface area is 122 Å². The first-order valence-electron chi connectivity index (χ1n) is 7.09. The van der Waals surface area contributed by atoms with Crippen LogP contribution < -0.4 is 15.6 Å². The van der Waals surface area contributed by atoms with Crippen LogP contribution in [-0.4, -0.2) is 23.6 Å². The standard InChI is InChI=1S/C16H18N2O3/c1-18-14(15(19)17-11-4-3-5-11)9-10-8-12(21-2)6-7-13(10)16(18)20/h6-9,11H,3-5H2,1-2H3,(H,17,19). The maximum Gasteiger partial charge on any atom is 0.268 e. The fourth-order valence-electron chi connectivity index (χ4n) is 2.55. The van der Waals surface area contributed by atoms with Gasteiger partial charge in [-0.15, -0.1) is 0 Å². The summed E-state index contributed by atoms with van der Waals surface area (Å²) in [6.45, 7) is 0. The first-order valence-corrected chi connectivity index (χ1v) is 7.09. The van der Waals surface area contributed by atoms with Gasteiger partial charge in [0.1, 0.15) is 11.4 Å². The number of nitrogens with zero attached hydrogens (tertiary/aromatic N) is 1. The van der Waals surface area contributed by atoms with Gasteiger partial charge in [-0.05, 0) is 48.9 Å². The fourth-order valence-corrected chi connectivity index (χ4v) is 2.55. The lowest BCUT2D eigenvalue weighted by atomic mass is 9.93. The maximum absolute atomic E-state index is 12.4. The number of hydrogen-bond donors (Lipinski definition) is 1. The SMILES string of the molecule is COc1ccc2c(=O)n(C)c(C(=O)NC3CCC3)cc2c1. The van der Waals surface area contributed by atoms with Gasteiger partial charge >= 0.3 is 0 Å². The van der Waals surface area contributed by atoms with Crippen LogP contribution in [0.15, 0.2) is 29.1 Å². The van der Waals surface area contributed by atoms with Crippen molar-refractivity contribution in [2.45, 2.75) is 25.3 Å². The molecule has 1 aliphatic carbocycles. The molecule has 1 aliphatic rings. The van der Waals surface area contributed by atoms with Gasteiger partial charge in [0, 0.05) is 18.5 Å². The third kappa shape index (κ3) is 2.39. The van der Waals surface area contributed by atoms with Crippen molar-refractivity contribution < 1.29 is 9.53 Å². The number of carbonyl (C=O) groups is 1. The number of amides is 1. The summed E-state index contributed by atoms with van der Waals surface area (Å²) in [7, 11) is 3.20. The lowest BCUT2D eigenvalue weighted by molar-refractivity contribution is 0.0907. The van der Waals surface area contributed by atoms with E-state index in [2.05, 4.69) is 5.32 Å². The van der Waals surface area contributed by atoms with Gasteiger partial charge in [0.15, 0.2) is 0 Å². The van der Waals surface area contributed by atoms with Crippen molar-refractivity contribution in [3.05, 3.63) is 40.3 Å². The van der Waals surface area contributed by atoms with Crippen molar-refractivity contribution >= 4 is 16.7 Å². The molecule has 1 heterocycles. The summed E-state index contributed by atoms with van der Waals surface area (Å²) in [6.07, 6.45) is 3.18. The van der Waals surface area contributed by atoms with Crippen LogP contribution in [0.5, 0.6) is 5.75 Å². The summed E-state index contributed by atoms with van der Waals surface area (Å²) in [5.74, 6) is 0.477. The van der Waals surface area contributed by atoms with Crippen molar-refractivity contribution in [1.82, 2.24) is 9.88 Å². The molecule has 1 saturated carbocycles. The van der Waals surface area contributed by atoms with Gasteiger partial charge in [0.2, 0.25) is 0 Å². The lowest BCUT2D eigenvalue weighted by Gasteiger charge is -2.26. The normalized spacial score (nSPS) is 14.8. The molecule has 0 unspecified atom stereocenters. The van der Waals surface area contributed by atoms with Crippen molar-refractivity contribution in [2.24, 2.45) is 7.05 Å². The number of aromatic nitrogens is 1. The summed E-state index contributed by atoms with van der Waals surface area (Å²) in [6, 6.07) is 7.24. The van der Waals surface area contributed by atoms with Crippen LogP contribution in [0.3, 0.4) is 0 Å². The van der Waals surface area contributed by atoms with Crippen LogP contribution in [-0.2, 0) is 7.05 Å². The summed E-state index contributed by atoms with van der Waals surface area (Å²) in [5.41, 5.74) is 0.210. The second kappa shape index (κ2) is 5.24. The zero-order chi connectivity index (χ0) is 15.0. The molecule has 2 aromatic rings. The highest BCUT2D eigenvalue weighted by atomic mass is 16.5. The molecule has 1 fully saturated rings. The third-order valence-corrected chi connectivity index (χ3v) is 4.12. The van der Waals surface area contributed by atoms with E-state index in [1.807, 2.05) is 0 Å². The molecule has 21 heavy (non-hydrogen) atoms. The van der Waals surface area contributed by atoms with E-state index in [-0.39, 0.29) is 17.5 Å². The molecule has 0 aliphatic heterocycles. The zero-order valence-corrected chi connectivity index (χ0v) is 12.2. The van der Waals surface area contributed by atoms with Gasteiger partial charge in [-0.2, -0.15) is 0 Å². The molecule has 1 aromatic carbocycles. The number of benzene rings is 1. The molecule has 1 amide bonds. The molecular formula is C16H18N2O3. The van der Waals surface area contributed by atoms with Crippen LogP contribution in [0.4, 0.5) is 0 Å². The largest absolute Gasteiger partial charge is 0.497 e. The van der Waals surface area contributed by atoms with Gasteiger partial charge in [0.25, 0.3) is 11.5 Å². The van der Waals surface area contributed by atoms with Gasteiger partial charge in [-0.25, -0.2) is 0 Å². The topological polar surface area (TPSA) is 60.3 Å². The Kier molecular flexibility index (Phi) is 3.41. The Hall–Kier alpha value is -2.30. The first kappa shape index (κ1) is 13.7. The van der Waals surface area contributed by atoms with E-state index < -0.39 is 0 Å². The third-order valence-electron chi connectivity index (χ3n) is 4.12. The highest BCUT2D eigenvalue weighted by Crippen LogP contribution is 2.21. The summed E-state index contributed by atoms with van der Waals surface area (Å²) < 4.78 is 6.58. The fraction of sp³-hybridized carbons (Fsp3) is 0.375. The van der Waals surface area contributed by atoms with Crippen molar-refractivity contribution in [1.29, 1.82) is 0 Å². The highest BCUT2D eigenvalue weighted by molar-refractivity contribution is 5.97. The molecule has 1 aromatic heterocycles. The van der Waals surface area contributed by atoms with Crippen LogP contribution in [0.2, 0.25) is 0 Å². The number of nitrogens with one attached hydrogen (secondary N) is 1. The Balaban J connectivity index is 2.06. The second-order valence-corrected chi connectivity index (χ2v) is 5.45. The number of ether oxygens (including phenoxy) is 1. The predicted octanol–water partition coefficient (Wildman–Crippen LogP) is 1.83. The molecule has 3 rings (SSSR count). The Morgan fingerprint density at radius 3 is 2.71 bits per heavy atom. The number of rotatable bonds is 3. The van der Waals surface area contributed by atoms with E-state index in [1.165, 1.54) is 4.57 Å². The van der Waals surface area contributed by atoms with Crippen LogP contribution in [0.25, 0.3) is 10.8 Å².